The molecule has 1 aromatic heterocycles. The first-order valence-corrected chi connectivity index (χ1v) is 6.30. The van der Waals surface area contributed by atoms with Gasteiger partial charge in [-0.25, -0.2) is 9.97 Å². The summed E-state index contributed by atoms with van der Waals surface area (Å²) in [6, 6.07) is 0. The van der Waals surface area contributed by atoms with Gasteiger partial charge in [0.1, 0.15) is 0 Å². The van der Waals surface area contributed by atoms with Crippen molar-refractivity contribution in [2.45, 2.75) is 11.6 Å². The zero-order valence-corrected chi connectivity index (χ0v) is 9.81. The molecule has 0 unspecified atom stereocenters. The molecule has 0 aliphatic carbocycles. The largest absolute Gasteiger partial charge is 0.231 e. The second-order valence-electron chi connectivity index (χ2n) is 2.38. The first kappa shape index (κ1) is 10.7. The molecule has 0 N–H and O–H groups in total. The van der Waals surface area contributed by atoms with Crippen molar-refractivity contribution in [2.24, 2.45) is 0 Å². The molecule has 1 heterocycles. The van der Waals surface area contributed by atoms with E-state index in [0.29, 0.717) is 0 Å². The van der Waals surface area contributed by atoms with E-state index in [9.17, 15) is 0 Å². The fourth-order valence-electron chi connectivity index (χ4n) is 0.800. The van der Waals surface area contributed by atoms with E-state index < -0.39 is 0 Å². The Hall–Kier alpha value is -0.350. The molecule has 0 radical (unpaired) electrons. The average Bonchev–Trinajstić information content (AvgIpc) is 2.19. The van der Waals surface area contributed by atoms with Crippen LogP contribution in [0.5, 0.6) is 0 Å². The van der Waals surface area contributed by atoms with Crippen LogP contribution >= 0.6 is 27.7 Å². The first-order chi connectivity index (χ1) is 6.36. The molecule has 4 heteroatoms. The lowest BCUT2D eigenvalue weighted by atomic mass is 10.3. The topological polar surface area (TPSA) is 25.8 Å². The van der Waals surface area contributed by atoms with Crippen molar-refractivity contribution in [1.29, 1.82) is 0 Å². The number of hydrogen-bond acceptors (Lipinski definition) is 3. The minimum atomic E-state index is 0.817. The number of rotatable bonds is 4. The van der Waals surface area contributed by atoms with E-state index in [2.05, 4.69) is 32.0 Å². The van der Waals surface area contributed by atoms with Crippen LogP contribution in [0.2, 0.25) is 0 Å². The van der Waals surface area contributed by atoms with Gasteiger partial charge < -0.3 is 0 Å². The van der Waals surface area contributed by atoms with E-state index in [0.717, 1.165) is 22.5 Å². The third-order valence-electron chi connectivity index (χ3n) is 1.42. The Morgan fingerprint density at radius 1 is 1.46 bits per heavy atom. The summed E-state index contributed by atoms with van der Waals surface area (Å²) in [7, 11) is 0. The van der Waals surface area contributed by atoms with Gasteiger partial charge in [0, 0.05) is 23.3 Å². The highest BCUT2D eigenvalue weighted by Gasteiger charge is 1.91. The lowest BCUT2D eigenvalue weighted by molar-refractivity contribution is 0.965. The first-order valence-electron chi connectivity index (χ1n) is 3.95. The molecule has 0 aliphatic rings. The van der Waals surface area contributed by atoms with E-state index in [1.54, 1.807) is 11.8 Å². The molecule has 0 bridgehead atoms. The summed E-state index contributed by atoms with van der Waals surface area (Å²) in [5.41, 5.74) is 1.05. The standard InChI is InChI=1S/C9H11BrN2S/c1-13-9-11-6-8(7-12-9)4-2-3-5-10/h2,4,6-7H,3,5H2,1H3. The number of aromatic nitrogens is 2. The quantitative estimate of drug-likeness (QED) is 0.472. The van der Waals surface area contributed by atoms with Crippen LogP contribution in [0.3, 0.4) is 0 Å². The number of allylic oxidation sites excluding steroid dienone is 1. The van der Waals surface area contributed by atoms with E-state index in [4.69, 9.17) is 0 Å². The van der Waals surface area contributed by atoms with Crippen LogP contribution in [-0.4, -0.2) is 21.6 Å². The normalized spacial score (nSPS) is 10.9. The third-order valence-corrected chi connectivity index (χ3v) is 2.45. The van der Waals surface area contributed by atoms with Crippen molar-refractivity contribution in [2.75, 3.05) is 11.6 Å². The molecule has 0 fully saturated rings. The molecule has 70 valence electrons. The number of halogens is 1. The number of alkyl halides is 1. The Balaban J connectivity index is 2.58. The Kier molecular flexibility index (Phi) is 5.08. The van der Waals surface area contributed by atoms with Gasteiger partial charge in [-0.3, -0.25) is 0 Å². The van der Waals surface area contributed by atoms with Crippen molar-refractivity contribution in [3.8, 4) is 0 Å². The van der Waals surface area contributed by atoms with Crippen molar-refractivity contribution in [1.82, 2.24) is 9.97 Å². The fraction of sp³-hybridized carbons (Fsp3) is 0.333. The van der Waals surface area contributed by atoms with Gasteiger partial charge in [-0.2, -0.15) is 0 Å². The molecule has 1 aromatic rings. The minimum absolute atomic E-state index is 0.817. The van der Waals surface area contributed by atoms with Gasteiger partial charge in [0.15, 0.2) is 5.16 Å². The third kappa shape index (κ3) is 3.91. The maximum absolute atomic E-state index is 4.16. The summed E-state index contributed by atoms with van der Waals surface area (Å²) >= 11 is 4.91. The second kappa shape index (κ2) is 6.16. The molecule has 0 spiro atoms. The molecule has 2 nitrogen and oxygen atoms in total. The lowest BCUT2D eigenvalue weighted by Gasteiger charge is -1.94. The van der Waals surface area contributed by atoms with Crippen molar-refractivity contribution < 1.29 is 0 Å². The van der Waals surface area contributed by atoms with Crippen LogP contribution in [0.25, 0.3) is 6.08 Å². The Morgan fingerprint density at radius 3 is 2.69 bits per heavy atom. The average molecular weight is 259 g/mol. The molecule has 1 rings (SSSR count). The van der Waals surface area contributed by atoms with Gasteiger partial charge in [0.05, 0.1) is 0 Å². The maximum atomic E-state index is 4.16. The lowest BCUT2D eigenvalue weighted by Crippen LogP contribution is -1.85. The highest BCUT2D eigenvalue weighted by molar-refractivity contribution is 9.09. The highest BCUT2D eigenvalue weighted by Crippen LogP contribution is 2.08. The van der Waals surface area contributed by atoms with Crippen molar-refractivity contribution in [3.05, 3.63) is 24.0 Å². The predicted octanol–water partition coefficient (Wildman–Crippen LogP) is 3.00. The summed E-state index contributed by atoms with van der Waals surface area (Å²) in [5.74, 6) is 0. The zero-order valence-electron chi connectivity index (χ0n) is 7.40. The molecule has 0 aliphatic heterocycles. The molecule has 0 atom stereocenters. The van der Waals surface area contributed by atoms with Crippen LogP contribution in [0.15, 0.2) is 23.6 Å². The molecule has 0 saturated carbocycles. The Bertz CT molecular complexity index is 271. The summed E-state index contributed by atoms with van der Waals surface area (Å²) in [6.45, 7) is 0. The molecule has 0 aromatic carbocycles. The molecule has 13 heavy (non-hydrogen) atoms. The van der Waals surface area contributed by atoms with Gasteiger partial charge in [0.2, 0.25) is 0 Å². The van der Waals surface area contributed by atoms with Gasteiger partial charge in [0.25, 0.3) is 0 Å². The molecular formula is C9H11BrN2S. The Morgan fingerprint density at radius 2 is 2.15 bits per heavy atom. The van der Waals surface area contributed by atoms with E-state index in [-0.39, 0.29) is 0 Å². The monoisotopic (exact) mass is 258 g/mol. The molecule has 0 saturated heterocycles. The summed E-state index contributed by atoms with van der Waals surface area (Å²) in [4.78, 5) is 8.33. The predicted molar refractivity (Wildman–Crippen MR) is 61.3 cm³/mol. The van der Waals surface area contributed by atoms with Gasteiger partial charge in [-0.05, 0) is 12.7 Å². The molecule has 0 amide bonds. The maximum Gasteiger partial charge on any atom is 0.187 e. The number of thioether (sulfide) groups is 1. The minimum Gasteiger partial charge on any atom is -0.231 e. The fourth-order valence-corrected chi connectivity index (χ4v) is 1.38. The highest BCUT2D eigenvalue weighted by atomic mass is 79.9. The van der Waals surface area contributed by atoms with E-state index in [1.165, 1.54) is 0 Å². The van der Waals surface area contributed by atoms with Gasteiger partial charge in [-0.15, -0.1) is 0 Å². The van der Waals surface area contributed by atoms with Crippen LogP contribution < -0.4 is 0 Å². The smallest absolute Gasteiger partial charge is 0.187 e. The van der Waals surface area contributed by atoms with Crippen LogP contribution in [0.1, 0.15) is 12.0 Å². The summed E-state index contributed by atoms with van der Waals surface area (Å²) in [6.07, 6.45) is 10.8. The number of hydrogen-bond donors (Lipinski definition) is 0. The van der Waals surface area contributed by atoms with E-state index >= 15 is 0 Å². The second-order valence-corrected chi connectivity index (χ2v) is 3.95. The SMILES string of the molecule is CSc1ncc(C=CCCBr)cn1. The van der Waals surface area contributed by atoms with Crippen LogP contribution in [-0.2, 0) is 0 Å². The summed E-state index contributed by atoms with van der Waals surface area (Å²) in [5, 5.41) is 1.81. The van der Waals surface area contributed by atoms with Crippen LogP contribution in [0, 0.1) is 0 Å². The zero-order chi connectivity index (χ0) is 9.52. The van der Waals surface area contributed by atoms with Crippen molar-refractivity contribution in [3.63, 3.8) is 0 Å². The van der Waals surface area contributed by atoms with Gasteiger partial charge >= 0.3 is 0 Å². The summed E-state index contributed by atoms with van der Waals surface area (Å²) < 4.78 is 0. The van der Waals surface area contributed by atoms with Crippen molar-refractivity contribution >= 4 is 33.8 Å². The van der Waals surface area contributed by atoms with E-state index in [1.807, 2.05) is 24.7 Å². The molecular weight excluding hydrogens is 248 g/mol. The van der Waals surface area contributed by atoms with Crippen LogP contribution in [0.4, 0.5) is 0 Å². The number of nitrogens with zero attached hydrogens (tertiary/aromatic N) is 2. The Labute approximate surface area is 91.0 Å². The van der Waals surface area contributed by atoms with Gasteiger partial charge in [-0.1, -0.05) is 39.8 Å².